The fourth-order valence-electron chi connectivity index (χ4n) is 2.31. The van der Waals surface area contributed by atoms with Gasteiger partial charge in [0.2, 0.25) is 0 Å². The van der Waals surface area contributed by atoms with Crippen LogP contribution < -0.4 is 15.5 Å². The van der Waals surface area contributed by atoms with E-state index in [1.165, 1.54) is 0 Å². The zero-order valence-corrected chi connectivity index (χ0v) is 13.2. The van der Waals surface area contributed by atoms with Crippen LogP contribution in [0.5, 0.6) is 0 Å². The third-order valence-corrected chi connectivity index (χ3v) is 4.13. The molecule has 3 rings (SSSR count). The van der Waals surface area contributed by atoms with Crippen LogP contribution >= 0.6 is 11.3 Å². The van der Waals surface area contributed by atoms with Crippen LogP contribution in [0.15, 0.2) is 17.8 Å². The number of fused-ring (bicyclic) bond motifs is 1. The average molecular weight is 305 g/mol. The van der Waals surface area contributed by atoms with Crippen LogP contribution in [0, 0.1) is 0 Å². The van der Waals surface area contributed by atoms with Gasteiger partial charge in [-0.25, -0.2) is 14.8 Å². The van der Waals surface area contributed by atoms with E-state index in [-0.39, 0.29) is 17.6 Å². The summed E-state index contributed by atoms with van der Waals surface area (Å²) in [5.74, 6) is 0.962. The Kier molecular flexibility index (Phi) is 3.44. The van der Waals surface area contributed by atoms with Crippen LogP contribution in [0.3, 0.4) is 0 Å². The monoisotopic (exact) mass is 305 g/mol. The second-order valence-corrected chi connectivity index (χ2v) is 7.20. The van der Waals surface area contributed by atoms with E-state index in [9.17, 15) is 4.79 Å². The van der Waals surface area contributed by atoms with Crippen molar-refractivity contribution in [1.29, 1.82) is 0 Å². The number of carbonyl (C=O) groups excluding carboxylic acids is 1. The van der Waals surface area contributed by atoms with Gasteiger partial charge in [0.15, 0.2) is 0 Å². The average Bonchev–Trinajstić information content (AvgIpc) is 2.79. The predicted octanol–water partition coefficient (Wildman–Crippen LogP) is 1.98. The normalized spacial score (nSPS) is 15.9. The molecule has 2 N–H and O–H groups in total. The maximum atomic E-state index is 11.8. The van der Waals surface area contributed by atoms with E-state index in [1.807, 2.05) is 32.2 Å². The predicted molar refractivity (Wildman–Crippen MR) is 84.8 cm³/mol. The molecule has 7 heteroatoms. The van der Waals surface area contributed by atoms with Gasteiger partial charge in [0, 0.05) is 18.6 Å². The lowest BCUT2D eigenvalue weighted by Gasteiger charge is -2.40. The van der Waals surface area contributed by atoms with E-state index in [0.717, 1.165) is 29.1 Å². The van der Waals surface area contributed by atoms with Gasteiger partial charge < -0.3 is 15.5 Å². The molecule has 21 heavy (non-hydrogen) atoms. The third-order valence-electron chi connectivity index (χ3n) is 3.23. The second-order valence-electron chi connectivity index (χ2n) is 6.28. The number of hydrogen-bond acceptors (Lipinski definition) is 5. The van der Waals surface area contributed by atoms with Gasteiger partial charge in [-0.3, -0.25) is 0 Å². The smallest absolute Gasteiger partial charge is 0.315 e. The Bertz CT molecular complexity index is 657. The van der Waals surface area contributed by atoms with Crippen molar-refractivity contribution >= 4 is 33.4 Å². The van der Waals surface area contributed by atoms with E-state index >= 15 is 0 Å². The largest absolute Gasteiger partial charge is 0.351 e. The van der Waals surface area contributed by atoms with Crippen LogP contribution in [0.25, 0.3) is 10.2 Å². The summed E-state index contributed by atoms with van der Waals surface area (Å²) in [6.45, 7) is 7.46. The Balaban J connectivity index is 1.59. The van der Waals surface area contributed by atoms with Gasteiger partial charge in [0.25, 0.3) is 0 Å². The van der Waals surface area contributed by atoms with Crippen molar-refractivity contribution in [3.8, 4) is 0 Å². The van der Waals surface area contributed by atoms with Gasteiger partial charge in [0.05, 0.1) is 16.3 Å². The van der Waals surface area contributed by atoms with E-state index < -0.39 is 0 Å². The van der Waals surface area contributed by atoms with Crippen LogP contribution in [0.1, 0.15) is 20.8 Å². The molecule has 1 fully saturated rings. The number of thiophene rings is 1. The third kappa shape index (κ3) is 3.07. The first-order valence-electron chi connectivity index (χ1n) is 6.94. The van der Waals surface area contributed by atoms with Gasteiger partial charge in [-0.15, -0.1) is 11.3 Å². The lowest BCUT2D eigenvalue weighted by atomic mass is 10.1. The molecule has 0 unspecified atom stereocenters. The molecule has 0 aliphatic carbocycles. The number of nitrogens with zero attached hydrogens (tertiary/aromatic N) is 3. The molecule has 1 aliphatic heterocycles. The highest BCUT2D eigenvalue weighted by molar-refractivity contribution is 7.17. The van der Waals surface area contributed by atoms with Crippen molar-refractivity contribution in [2.45, 2.75) is 32.4 Å². The summed E-state index contributed by atoms with van der Waals surface area (Å²) < 4.78 is 1.11. The highest BCUT2D eigenvalue weighted by Gasteiger charge is 2.31. The molecule has 6 nitrogen and oxygen atoms in total. The van der Waals surface area contributed by atoms with Gasteiger partial charge in [-0.05, 0) is 32.2 Å². The number of aromatic nitrogens is 2. The molecular formula is C14H19N5OS. The Morgan fingerprint density at radius 1 is 1.38 bits per heavy atom. The lowest BCUT2D eigenvalue weighted by Crippen LogP contribution is -2.62. The van der Waals surface area contributed by atoms with Crippen molar-refractivity contribution < 1.29 is 4.79 Å². The van der Waals surface area contributed by atoms with Gasteiger partial charge in [-0.2, -0.15) is 0 Å². The lowest BCUT2D eigenvalue weighted by molar-refractivity contribution is 0.225. The minimum Gasteiger partial charge on any atom is -0.351 e. The molecule has 0 saturated carbocycles. The molecule has 0 aromatic carbocycles. The number of nitrogens with one attached hydrogen (secondary N) is 2. The summed E-state index contributed by atoms with van der Waals surface area (Å²) in [4.78, 5) is 22.6. The van der Waals surface area contributed by atoms with Crippen molar-refractivity contribution in [3.05, 3.63) is 17.8 Å². The van der Waals surface area contributed by atoms with Gasteiger partial charge in [0.1, 0.15) is 12.1 Å². The SMILES string of the molecule is CC(C)(C)NC(=O)NC1CN(c2ncnc3ccsc23)C1. The molecule has 0 spiro atoms. The first-order chi connectivity index (χ1) is 9.92. The van der Waals surface area contributed by atoms with Crippen molar-refractivity contribution in [2.75, 3.05) is 18.0 Å². The maximum Gasteiger partial charge on any atom is 0.315 e. The van der Waals surface area contributed by atoms with E-state index in [1.54, 1.807) is 17.7 Å². The highest BCUT2D eigenvalue weighted by Crippen LogP contribution is 2.30. The molecular weight excluding hydrogens is 286 g/mol. The maximum absolute atomic E-state index is 11.8. The van der Waals surface area contributed by atoms with Gasteiger partial charge >= 0.3 is 6.03 Å². The molecule has 0 radical (unpaired) electrons. The fraction of sp³-hybridized carbons (Fsp3) is 0.500. The van der Waals surface area contributed by atoms with Crippen LogP contribution in [-0.4, -0.2) is 40.7 Å². The molecule has 3 heterocycles. The summed E-state index contributed by atoms with van der Waals surface area (Å²) in [7, 11) is 0. The molecule has 2 aromatic heterocycles. The van der Waals surface area contributed by atoms with E-state index in [4.69, 9.17) is 0 Å². The standard InChI is InChI=1S/C14H19N5OS/c1-14(2,3)18-13(20)17-9-6-19(7-9)12-11-10(4-5-21-11)15-8-16-12/h4-5,8-9H,6-7H2,1-3H3,(H2,17,18,20). The number of rotatable bonds is 2. The Labute approximate surface area is 127 Å². The summed E-state index contributed by atoms with van der Waals surface area (Å²) in [6, 6.07) is 2.05. The first kappa shape index (κ1) is 14.1. The Morgan fingerprint density at radius 2 is 2.14 bits per heavy atom. The Morgan fingerprint density at radius 3 is 2.86 bits per heavy atom. The van der Waals surface area contributed by atoms with Crippen molar-refractivity contribution in [3.63, 3.8) is 0 Å². The first-order valence-corrected chi connectivity index (χ1v) is 7.82. The second kappa shape index (κ2) is 5.14. The summed E-state index contributed by atoms with van der Waals surface area (Å²) in [5, 5.41) is 7.91. The zero-order chi connectivity index (χ0) is 15.0. The van der Waals surface area contributed by atoms with Crippen molar-refractivity contribution in [1.82, 2.24) is 20.6 Å². The van der Waals surface area contributed by atoms with Crippen molar-refractivity contribution in [2.24, 2.45) is 0 Å². The number of hydrogen-bond donors (Lipinski definition) is 2. The van der Waals surface area contributed by atoms with Crippen LogP contribution in [0.4, 0.5) is 10.6 Å². The minimum atomic E-state index is -0.219. The zero-order valence-electron chi connectivity index (χ0n) is 12.4. The van der Waals surface area contributed by atoms with E-state index in [0.29, 0.717) is 0 Å². The van der Waals surface area contributed by atoms with Crippen LogP contribution in [0.2, 0.25) is 0 Å². The summed E-state index contributed by atoms with van der Waals surface area (Å²) in [6.07, 6.45) is 1.59. The molecule has 1 aliphatic rings. The molecule has 0 atom stereocenters. The quantitative estimate of drug-likeness (QED) is 0.890. The minimum absolute atomic E-state index is 0.115. The van der Waals surface area contributed by atoms with Gasteiger partial charge in [-0.1, -0.05) is 0 Å². The number of urea groups is 1. The number of anilines is 1. The molecule has 1 saturated heterocycles. The summed E-state index contributed by atoms with van der Waals surface area (Å²) >= 11 is 1.65. The summed E-state index contributed by atoms with van der Waals surface area (Å²) in [5.41, 5.74) is 0.760. The molecule has 112 valence electrons. The fourth-order valence-corrected chi connectivity index (χ4v) is 3.17. The van der Waals surface area contributed by atoms with E-state index in [2.05, 4.69) is 25.5 Å². The Hall–Kier alpha value is -1.89. The molecule has 0 bridgehead atoms. The molecule has 2 aromatic rings. The number of carbonyl (C=O) groups is 1. The number of amides is 2. The topological polar surface area (TPSA) is 70.2 Å². The van der Waals surface area contributed by atoms with Crippen LogP contribution in [-0.2, 0) is 0 Å². The highest BCUT2D eigenvalue weighted by atomic mass is 32.1. The molecule has 2 amide bonds.